The Kier molecular flexibility index (Phi) is 9.16. The molecule has 0 saturated carbocycles. The van der Waals surface area contributed by atoms with E-state index >= 15 is 0 Å². The standard InChI is InChI=1S/C79H54N4OSi/c1-54-48-77(80-52-73(54)56-26-9-3-10-27-56)83-74-47-45-63(85(60-30-11-4-12-31-60,61-32-13-5-14-33-61)62-34-15-6-16-35-62)51-72(74)69-46-44-59(50-76(69)83)84-58-29-21-28-57(49-58)81-53-82-78-64(55-24-7-2-8-25-55)40-22-41-70(78)67-38-19-17-36-65(67)66-37-18-20-39-68(66)71-42-23-43-75(81)79(71)82/h2-52H,1H3/i1D3,2D,3D,7D,8D,9D,10D,24D,25D,26D,27D. The van der Waals surface area contributed by atoms with Crippen LogP contribution in [0.25, 0.3) is 106 Å². The van der Waals surface area contributed by atoms with Gasteiger partial charge in [-0.3, -0.25) is 13.7 Å². The lowest BCUT2D eigenvalue weighted by molar-refractivity contribution is -0.570. The van der Waals surface area contributed by atoms with Crippen molar-refractivity contribution in [1.29, 1.82) is 0 Å². The number of fused-ring (bicyclic) bond motifs is 10. The third kappa shape index (κ3) is 8.21. The third-order valence-corrected chi connectivity index (χ3v) is 21.2. The normalized spacial score (nSPS) is 14.1. The SMILES string of the molecule is [2H]c1c([2H])c([2H])c(-c2cnc(-n3c4ccc([Si](c5ccccc5)(c5ccccc5)c5ccccc5)cc4c4ccc(Oc5cccc(-n6[c-][n+]7c8c(cccc86)-c6ccccc6-c6ccccc6-c6cccc(-c8c([2H])c([2H])c([2H])c([2H])c8[2H])c6-7)c5)cc43)cc2C([2H])([2H])[2H])c([2H])c1[2H]. The predicted molar refractivity (Wildman–Crippen MR) is 351 cm³/mol. The topological polar surface area (TPSA) is 35.9 Å². The highest BCUT2D eigenvalue weighted by Gasteiger charge is 2.42. The van der Waals surface area contributed by atoms with E-state index in [1.807, 2.05) is 135 Å². The van der Waals surface area contributed by atoms with E-state index in [0.717, 1.165) is 60.4 Å². The van der Waals surface area contributed by atoms with E-state index in [-0.39, 0.29) is 40.2 Å². The van der Waals surface area contributed by atoms with Crippen molar-refractivity contribution in [2.45, 2.75) is 6.85 Å². The number of aromatic nitrogens is 4. The minimum Gasteiger partial charge on any atom is -0.458 e. The lowest BCUT2D eigenvalue weighted by Crippen LogP contribution is -2.74. The summed E-state index contributed by atoms with van der Waals surface area (Å²) in [5.74, 6) is 1.06. The number of ether oxygens (including phenoxy) is 1. The molecule has 0 aliphatic carbocycles. The molecule has 0 spiro atoms. The first-order valence-electron chi connectivity index (χ1n) is 34.4. The van der Waals surface area contributed by atoms with Gasteiger partial charge in [-0.2, -0.15) is 0 Å². The van der Waals surface area contributed by atoms with Crippen LogP contribution in [0.15, 0.2) is 309 Å². The van der Waals surface area contributed by atoms with Crippen LogP contribution in [-0.4, -0.2) is 22.2 Å². The second kappa shape index (κ2) is 20.5. The fourth-order valence-corrected chi connectivity index (χ4v) is 17.6. The Balaban J connectivity index is 0.900. The second-order valence-electron chi connectivity index (χ2n) is 21.0. The van der Waals surface area contributed by atoms with Crippen LogP contribution in [0, 0.1) is 13.2 Å². The smallest absolute Gasteiger partial charge is 0.269 e. The highest BCUT2D eigenvalue weighted by molar-refractivity contribution is 7.20. The molecule has 85 heavy (non-hydrogen) atoms. The van der Waals surface area contributed by atoms with E-state index in [4.69, 9.17) is 24.8 Å². The van der Waals surface area contributed by atoms with Crippen molar-refractivity contribution < 1.29 is 27.1 Å². The van der Waals surface area contributed by atoms with Gasteiger partial charge in [0, 0.05) is 32.7 Å². The number of hydrogen-bond donors (Lipinski definition) is 0. The molecule has 0 unspecified atom stereocenters. The summed E-state index contributed by atoms with van der Waals surface area (Å²) in [7, 11) is -3.12. The van der Waals surface area contributed by atoms with Crippen LogP contribution in [0.5, 0.6) is 11.5 Å². The maximum Gasteiger partial charge on any atom is 0.269 e. The highest BCUT2D eigenvalue weighted by Crippen LogP contribution is 2.45. The molecular weight excluding hydrogens is 1050 g/mol. The van der Waals surface area contributed by atoms with Gasteiger partial charge in [0.15, 0.2) is 8.07 Å². The molecule has 1 aliphatic rings. The second-order valence-corrected chi connectivity index (χ2v) is 24.8. The molecule has 12 aromatic carbocycles. The maximum absolute atomic E-state index is 9.31. The van der Waals surface area contributed by atoms with Crippen LogP contribution in [-0.2, 0) is 0 Å². The minimum atomic E-state index is -3.12. The molecule has 5 nitrogen and oxygen atoms in total. The Hall–Kier alpha value is -10.9. The Bertz CT molecular complexity index is 5650. The number of nitrogens with zero attached hydrogens (tertiary/aromatic N) is 4. The zero-order chi connectivity index (χ0) is 67.6. The lowest BCUT2D eigenvalue weighted by Gasteiger charge is -2.34. The summed E-state index contributed by atoms with van der Waals surface area (Å²) in [5, 5.41) is 6.21. The molecule has 0 fully saturated rings. The van der Waals surface area contributed by atoms with E-state index in [2.05, 4.69) is 116 Å². The first kappa shape index (κ1) is 38.0. The minimum absolute atomic E-state index is 0.0496. The maximum atomic E-state index is 9.31. The van der Waals surface area contributed by atoms with Crippen molar-refractivity contribution in [3.63, 3.8) is 0 Å². The van der Waals surface area contributed by atoms with E-state index in [1.165, 1.54) is 27.8 Å². The Morgan fingerprint density at radius 3 is 1.65 bits per heavy atom. The van der Waals surface area contributed by atoms with Gasteiger partial charge in [0.2, 0.25) is 0 Å². The molecule has 6 heteroatoms. The monoisotopic (exact) mass is 1120 g/mol. The van der Waals surface area contributed by atoms with Crippen molar-refractivity contribution in [2.75, 3.05) is 0 Å². The summed E-state index contributed by atoms with van der Waals surface area (Å²) in [6, 6.07) is 76.0. The van der Waals surface area contributed by atoms with Gasteiger partial charge in [-0.1, -0.05) is 255 Å². The summed E-state index contributed by atoms with van der Waals surface area (Å²) in [5.41, 5.74) is 9.16. The van der Waals surface area contributed by atoms with Gasteiger partial charge in [0.05, 0.1) is 47.1 Å². The Morgan fingerprint density at radius 2 is 0.988 bits per heavy atom. The van der Waals surface area contributed by atoms with Gasteiger partial charge in [-0.15, -0.1) is 0 Å². The van der Waals surface area contributed by atoms with Crippen molar-refractivity contribution >= 4 is 61.7 Å². The van der Waals surface area contributed by atoms with E-state index in [0.29, 0.717) is 39.5 Å². The van der Waals surface area contributed by atoms with E-state index < -0.39 is 63.3 Å². The molecule has 3 aromatic heterocycles. The van der Waals surface area contributed by atoms with Crippen LogP contribution in [0.2, 0.25) is 0 Å². The van der Waals surface area contributed by atoms with Crippen LogP contribution >= 0.6 is 0 Å². The van der Waals surface area contributed by atoms with Gasteiger partial charge >= 0.3 is 0 Å². The van der Waals surface area contributed by atoms with Crippen LogP contribution in [0.3, 0.4) is 0 Å². The molecule has 0 N–H and O–H groups in total. The number of pyridine rings is 1. The van der Waals surface area contributed by atoms with Gasteiger partial charge < -0.3 is 4.74 Å². The molecule has 0 saturated heterocycles. The molecular formula is C79H54N4OSi. The molecule has 400 valence electrons. The number of hydrogen-bond acceptors (Lipinski definition) is 2. The largest absolute Gasteiger partial charge is 0.458 e. The number of rotatable bonds is 10. The van der Waals surface area contributed by atoms with Gasteiger partial charge in [-0.05, 0) is 126 Å². The number of benzene rings is 12. The zero-order valence-electron chi connectivity index (χ0n) is 58.4. The van der Waals surface area contributed by atoms with Crippen molar-refractivity contribution in [3.05, 3.63) is 321 Å². The predicted octanol–water partition coefficient (Wildman–Crippen LogP) is 16.3. The zero-order valence-corrected chi connectivity index (χ0v) is 46.4. The van der Waals surface area contributed by atoms with Crippen molar-refractivity contribution in [1.82, 2.24) is 14.1 Å². The Morgan fingerprint density at radius 1 is 0.435 bits per heavy atom. The fraction of sp³-hybridized carbons (Fsp3) is 0.0127. The van der Waals surface area contributed by atoms with Crippen molar-refractivity contribution in [2.24, 2.45) is 0 Å². The number of para-hydroxylation sites is 2. The van der Waals surface area contributed by atoms with Gasteiger partial charge in [0.1, 0.15) is 17.3 Å². The quantitative estimate of drug-likeness (QED) is 0.0592. The van der Waals surface area contributed by atoms with E-state index in [1.54, 1.807) is 6.07 Å². The Labute approximate surface area is 513 Å². The molecule has 0 bridgehead atoms. The van der Waals surface area contributed by atoms with E-state index in [9.17, 15) is 2.74 Å². The average Bonchev–Trinajstić information content (AvgIpc) is 1.54. The van der Waals surface area contributed by atoms with Gasteiger partial charge in [-0.25, -0.2) is 4.98 Å². The highest BCUT2D eigenvalue weighted by atomic mass is 28.3. The first-order valence-corrected chi connectivity index (χ1v) is 29.9. The van der Waals surface area contributed by atoms with Gasteiger partial charge in [0.25, 0.3) is 6.33 Å². The summed E-state index contributed by atoms with van der Waals surface area (Å²) in [6.07, 6.45) is 5.01. The first-order chi connectivity index (χ1) is 47.4. The van der Waals surface area contributed by atoms with Crippen LogP contribution < -0.4 is 30.1 Å². The summed E-state index contributed by atoms with van der Waals surface area (Å²) >= 11 is 0. The van der Waals surface area contributed by atoms with Crippen LogP contribution in [0.4, 0.5) is 0 Å². The molecule has 16 rings (SSSR count). The lowest BCUT2D eigenvalue weighted by atomic mass is 9.88. The number of aryl methyl sites for hydroxylation is 1. The third-order valence-electron chi connectivity index (χ3n) is 16.4. The molecule has 0 radical (unpaired) electrons. The fourth-order valence-electron chi connectivity index (χ4n) is 12.8. The molecule has 1 aliphatic heterocycles. The summed E-state index contributed by atoms with van der Waals surface area (Å²) in [4.78, 5) is 4.94. The number of imidazole rings is 1. The van der Waals surface area contributed by atoms with Crippen LogP contribution in [0.1, 0.15) is 23.4 Å². The molecule has 4 heterocycles. The summed E-state index contributed by atoms with van der Waals surface area (Å²) < 4.78 is 128. The van der Waals surface area contributed by atoms with Crippen molar-refractivity contribution in [3.8, 4) is 84.3 Å². The average molecular weight is 1120 g/mol. The molecule has 0 atom stereocenters. The molecule has 15 aromatic rings. The molecule has 0 amide bonds. The summed E-state index contributed by atoms with van der Waals surface area (Å²) in [6.45, 7) is -2.85.